The predicted octanol–water partition coefficient (Wildman–Crippen LogP) is 4.18. The molecule has 0 unspecified atom stereocenters. The zero-order valence-corrected chi connectivity index (χ0v) is 16.8. The van der Waals surface area contributed by atoms with Crippen molar-refractivity contribution in [1.82, 2.24) is 10.2 Å². The van der Waals surface area contributed by atoms with Gasteiger partial charge in [0.15, 0.2) is 0 Å². The number of rotatable bonds is 8. The molecular weight excluding hydrogens is 364 g/mol. The Morgan fingerprint density at radius 1 is 1.15 bits per heavy atom. The van der Waals surface area contributed by atoms with E-state index >= 15 is 0 Å². The summed E-state index contributed by atoms with van der Waals surface area (Å²) in [5.74, 6) is 0.771. The minimum atomic E-state index is -0.555. The number of halogens is 1. The number of benzene rings is 2. The van der Waals surface area contributed by atoms with Gasteiger partial charge in [-0.1, -0.05) is 35.9 Å². The van der Waals surface area contributed by atoms with Gasteiger partial charge in [-0.3, -0.25) is 0 Å². The number of nitrogens with zero attached hydrogens (tertiary/aromatic N) is 1. The molecule has 0 fully saturated rings. The van der Waals surface area contributed by atoms with Crippen LogP contribution < -0.4 is 10.1 Å². The largest absolute Gasteiger partial charge is 0.497 e. The fraction of sp³-hybridized carbons (Fsp3) is 0.381. The Morgan fingerprint density at radius 3 is 2.33 bits per heavy atom. The number of carbonyl (C=O) groups excluding carboxylic acids is 1. The van der Waals surface area contributed by atoms with Crippen LogP contribution in [0.15, 0.2) is 48.5 Å². The normalized spacial score (nSPS) is 11.1. The highest BCUT2D eigenvalue weighted by atomic mass is 35.5. The van der Waals surface area contributed by atoms with Gasteiger partial charge in [0.05, 0.1) is 12.6 Å². The third-order valence-corrected chi connectivity index (χ3v) is 4.64. The lowest BCUT2D eigenvalue weighted by Gasteiger charge is -2.31. The smallest absolute Gasteiger partial charge is 0.318 e. The maximum Gasteiger partial charge on any atom is 0.318 e. The average molecular weight is 391 g/mol. The first-order chi connectivity index (χ1) is 12.9. The van der Waals surface area contributed by atoms with E-state index in [2.05, 4.69) is 5.32 Å². The quantitative estimate of drug-likeness (QED) is 0.710. The molecule has 5 nitrogen and oxygen atoms in total. The molecule has 0 aliphatic carbocycles. The molecule has 0 bridgehead atoms. The van der Waals surface area contributed by atoms with Crippen LogP contribution in [0, 0.1) is 0 Å². The average Bonchev–Trinajstić information content (AvgIpc) is 2.66. The second kappa shape index (κ2) is 9.62. The van der Waals surface area contributed by atoms with Gasteiger partial charge < -0.3 is 20.1 Å². The molecule has 0 spiro atoms. The Labute approximate surface area is 165 Å². The van der Waals surface area contributed by atoms with Gasteiger partial charge in [-0.25, -0.2) is 4.79 Å². The van der Waals surface area contributed by atoms with Crippen LogP contribution in [0.25, 0.3) is 0 Å². The van der Waals surface area contributed by atoms with E-state index in [0.29, 0.717) is 24.5 Å². The van der Waals surface area contributed by atoms with Gasteiger partial charge in [-0.2, -0.15) is 0 Å². The molecule has 0 saturated heterocycles. The lowest BCUT2D eigenvalue weighted by molar-refractivity contribution is 0.176. The number of hydrogen-bond donors (Lipinski definition) is 2. The van der Waals surface area contributed by atoms with Crippen molar-refractivity contribution in [2.45, 2.75) is 32.4 Å². The third kappa shape index (κ3) is 6.15. The third-order valence-electron chi connectivity index (χ3n) is 4.39. The van der Waals surface area contributed by atoms with Crippen molar-refractivity contribution in [2.75, 3.05) is 20.3 Å². The van der Waals surface area contributed by atoms with E-state index in [1.54, 1.807) is 24.1 Å². The van der Waals surface area contributed by atoms with Gasteiger partial charge in [0, 0.05) is 24.7 Å². The van der Waals surface area contributed by atoms with Crippen molar-refractivity contribution in [2.24, 2.45) is 0 Å². The van der Waals surface area contributed by atoms with E-state index in [0.717, 1.165) is 16.9 Å². The molecule has 27 heavy (non-hydrogen) atoms. The van der Waals surface area contributed by atoms with Crippen LogP contribution in [-0.4, -0.2) is 36.3 Å². The standard InChI is InChI=1S/C21H27ClN2O3/c1-21(2,17-7-11-19(27-3)12-8-17)23-20(26)24(13-4-14-25)15-16-5-9-18(22)10-6-16/h5-12,25H,4,13-15H2,1-3H3,(H,23,26). The monoisotopic (exact) mass is 390 g/mol. The van der Waals surface area contributed by atoms with Crippen molar-refractivity contribution >= 4 is 17.6 Å². The summed E-state index contributed by atoms with van der Waals surface area (Å²) in [6.07, 6.45) is 0.518. The van der Waals surface area contributed by atoms with Crippen LogP contribution in [0.3, 0.4) is 0 Å². The molecule has 0 aliphatic rings. The maximum absolute atomic E-state index is 12.9. The van der Waals surface area contributed by atoms with Crippen LogP contribution in [0.4, 0.5) is 4.79 Å². The number of hydrogen-bond acceptors (Lipinski definition) is 3. The molecular formula is C21H27ClN2O3. The molecule has 6 heteroatoms. The van der Waals surface area contributed by atoms with Gasteiger partial charge in [-0.05, 0) is 55.7 Å². The van der Waals surface area contributed by atoms with E-state index in [4.69, 9.17) is 16.3 Å². The SMILES string of the molecule is COc1ccc(C(C)(C)NC(=O)N(CCCO)Cc2ccc(Cl)cc2)cc1. The fourth-order valence-corrected chi connectivity index (χ4v) is 2.88. The molecule has 0 atom stereocenters. The summed E-state index contributed by atoms with van der Waals surface area (Å²) in [4.78, 5) is 14.6. The van der Waals surface area contributed by atoms with Gasteiger partial charge in [-0.15, -0.1) is 0 Å². The zero-order valence-electron chi connectivity index (χ0n) is 16.0. The second-order valence-electron chi connectivity index (χ2n) is 6.91. The molecule has 0 aromatic heterocycles. The highest BCUT2D eigenvalue weighted by molar-refractivity contribution is 6.30. The number of aliphatic hydroxyl groups is 1. The van der Waals surface area contributed by atoms with Gasteiger partial charge in [0.2, 0.25) is 0 Å². The first kappa shape index (κ1) is 21.1. The number of carbonyl (C=O) groups is 1. The summed E-state index contributed by atoms with van der Waals surface area (Å²) in [7, 11) is 1.62. The number of methoxy groups -OCH3 is 1. The second-order valence-corrected chi connectivity index (χ2v) is 7.35. The summed E-state index contributed by atoms with van der Waals surface area (Å²) in [6, 6.07) is 14.9. The number of amides is 2. The fourth-order valence-electron chi connectivity index (χ4n) is 2.75. The summed E-state index contributed by atoms with van der Waals surface area (Å²) in [6.45, 7) is 4.86. The number of urea groups is 1. The van der Waals surface area contributed by atoms with E-state index in [-0.39, 0.29) is 12.6 Å². The number of ether oxygens (including phenoxy) is 1. The lowest BCUT2D eigenvalue weighted by Crippen LogP contribution is -2.48. The van der Waals surface area contributed by atoms with Crippen molar-refractivity contribution in [3.63, 3.8) is 0 Å². The van der Waals surface area contributed by atoms with Crippen LogP contribution in [0.5, 0.6) is 5.75 Å². The number of nitrogens with one attached hydrogen (secondary N) is 1. The molecule has 2 N–H and O–H groups in total. The molecule has 2 aromatic carbocycles. The molecule has 0 heterocycles. The van der Waals surface area contributed by atoms with Crippen molar-refractivity contribution in [1.29, 1.82) is 0 Å². The van der Waals surface area contributed by atoms with E-state index < -0.39 is 5.54 Å². The summed E-state index contributed by atoms with van der Waals surface area (Å²) >= 11 is 5.94. The zero-order chi connectivity index (χ0) is 19.9. The van der Waals surface area contributed by atoms with E-state index in [1.807, 2.05) is 50.2 Å². The highest BCUT2D eigenvalue weighted by Gasteiger charge is 2.25. The molecule has 146 valence electrons. The van der Waals surface area contributed by atoms with Crippen molar-refractivity contribution < 1.29 is 14.6 Å². The van der Waals surface area contributed by atoms with E-state index in [9.17, 15) is 9.90 Å². The summed E-state index contributed by atoms with van der Waals surface area (Å²) < 4.78 is 5.19. The van der Waals surface area contributed by atoms with Crippen molar-refractivity contribution in [3.8, 4) is 5.75 Å². The van der Waals surface area contributed by atoms with E-state index in [1.165, 1.54) is 0 Å². The van der Waals surface area contributed by atoms with Crippen LogP contribution >= 0.6 is 11.6 Å². The molecule has 0 saturated carbocycles. The minimum Gasteiger partial charge on any atom is -0.497 e. The minimum absolute atomic E-state index is 0.0340. The molecule has 0 radical (unpaired) electrons. The van der Waals surface area contributed by atoms with Gasteiger partial charge >= 0.3 is 6.03 Å². The first-order valence-corrected chi connectivity index (χ1v) is 9.30. The Bertz CT molecular complexity index is 730. The first-order valence-electron chi connectivity index (χ1n) is 8.92. The topological polar surface area (TPSA) is 61.8 Å². The highest BCUT2D eigenvalue weighted by Crippen LogP contribution is 2.23. The number of aliphatic hydroxyl groups excluding tert-OH is 1. The summed E-state index contributed by atoms with van der Waals surface area (Å²) in [5, 5.41) is 12.9. The van der Waals surface area contributed by atoms with Crippen LogP contribution in [0.2, 0.25) is 5.02 Å². The van der Waals surface area contributed by atoms with Crippen LogP contribution in [-0.2, 0) is 12.1 Å². The molecule has 2 amide bonds. The van der Waals surface area contributed by atoms with Gasteiger partial charge in [0.1, 0.15) is 5.75 Å². The predicted molar refractivity (Wildman–Crippen MR) is 108 cm³/mol. The van der Waals surface area contributed by atoms with Crippen molar-refractivity contribution in [3.05, 3.63) is 64.7 Å². The molecule has 2 rings (SSSR count). The molecule has 2 aromatic rings. The maximum atomic E-state index is 12.9. The molecule has 0 aliphatic heterocycles. The summed E-state index contributed by atoms with van der Waals surface area (Å²) in [5.41, 5.74) is 1.40. The van der Waals surface area contributed by atoms with Crippen LogP contribution in [0.1, 0.15) is 31.4 Å². The van der Waals surface area contributed by atoms with Gasteiger partial charge in [0.25, 0.3) is 0 Å². The Morgan fingerprint density at radius 2 is 1.78 bits per heavy atom. The Kier molecular flexibility index (Phi) is 7.51. The Hall–Kier alpha value is -2.24. The Balaban J connectivity index is 2.11. The lowest BCUT2D eigenvalue weighted by atomic mass is 9.94.